The maximum absolute atomic E-state index is 13.6. The Kier molecular flexibility index (Phi) is 5.28. The second-order valence-electron chi connectivity index (χ2n) is 7.45. The van der Waals surface area contributed by atoms with Crippen molar-refractivity contribution in [3.8, 4) is 21.8 Å². The van der Waals surface area contributed by atoms with Crippen LogP contribution in [-0.2, 0) is 0 Å². The SMILES string of the molecule is Cc1cccc(Cl)c1C(=O)n1nc(-c2ccc(C(=O)O)cc2)c2ccc(-c3nccs3)cc21. The number of hydrogen-bond acceptors (Lipinski definition) is 5. The molecule has 0 aliphatic rings. The predicted molar refractivity (Wildman–Crippen MR) is 129 cm³/mol. The predicted octanol–water partition coefficient (Wildman–Crippen LogP) is 6.18. The summed E-state index contributed by atoms with van der Waals surface area (Å²) in [4.78, 5) is 29.2. The normalized spacial score (nSPS) is 11.1. The molecule has 2 aromatic heterocycles. The number of fused-ring (bicyclic) bond motifs is 1. The zero-order valence-corrected chi connectivity index (χ0v) is 18.9. The molecule has 0 atom stereocenters. The molecule has 1 N–H and O–H groups in total. The third kappa shape index (κ3) is 3.71. The van der Waals surface area contributed by atoms with Crippen molar-refractivity contribution in [2.45, 2.75) is 6.92 Å². The highest BCUT2D eigenvalue weighted by molar-refractivity contribution is 7.13. The van der Waals surface area contributed by atoms with Gasteiger partial charge in [0.2, 0.25) is 0 Å². The van der Waals surface area contributed by atoms with Crippen molar-refractivity contribution < 1.29 is 14.7 Å². The van der Waals surface area contributed by atoms with Crippen LogP contribution < -0.4 is 0 Å². The van der Waals surface area contributed by atoms with Crippen molar-refractivity contribution in [3.63, 3.8) is 0 Å². The van der Waals surface area contributed by atoms with E-state index in [2.05, 4.69) is 10.1 Å². The van der Waals surface area contributed by atoms with Crippen LogP contribution in [0.4, 0.5) is 0 Å². The fraction of sp³-hybridized carbons (Fsp3) is 0.0400. The smallest absolute Gasteiger partial charge is 0.335 e. The highest BCUT2D eigenvalue weighted by Gasteiger charge is 2.22. The van der Waals surface area contributed by atoms with Gasteiger partial charge in [-0.2, -0.15) is 9.78 Å². The first-order valence-electron chi connectivity index (χ1n) is 10.0. The number of thiazole rings is 1. The summed E-state index contributed by atoms with van der Waals surface area (Å²) >= 11 is 7.89. The molecule has 0 radical (unpaired) electrons. The summed E-state index contributed by atoms with van der Waals surface area (Å²) in [5, 5.41) is 17.7. The van der Waals surface area contributed by atoms with E-state index in [1.807, 2.05) is 36.6 Å². The molecule has 0 spiro atoms. The summed E-state index contributed by atoms with van der Waals surface area (Å²) in [5.74, 6) is -1.35. The topological polar surface area (TPSA) is 85.1 Å². The Morgan fingerprint density at radius 1 is 1.03 bits per heavy atom. The minimum Gasteiger partial charge on any atom is -0.478 e. The van der Waals surface area contributed by atoms with E-state index in [-0.39, 0.29) is 11.5 Å². The Morgan fingerprint density at radius 3 is 2.45 bits per heavy atom. The van der Waals surface area contributed by atoms with Crippen LogP contribution in [0.15, 0.2) is 72.2 Å². The lowest BCUT2D eigenvalue weighted by Crippen LogP contribution is -2.15. The van der Waals surface area contributed by atoms with Gasteiger partial charge in [-0.3, -0.25) is 4.79 Å². The number of carboxylic acid groups (broad SMARTS) is 1. The van der Waals surface area contributed by atoms with Crippen LogP contribution in [0.3, 0.4) is 0 Å². The lowest BCUT2D eigenvalue weighted by atomic mass is 10.0. The zero-order valence-electron chi connectivity index (χ0n) is 17.3. The molecular formula is C25H16ClN3O3S. The summed E-state index contributed by atoms with van der Waals surface area (Å²) in [5.41, 5.74) is 4.08. The Labute approximate surface area is 197 Å². The molecule has 0 unspecified atom stereocenters. The summed E-state index contributed by atoms with van der Waals surface area (Å²) in [6.45, 7) is 1.83. The van der Waals surface area contributed by atoms with Gasteiger partial charge < -0.3 is 5.11 Å². The zero-order chi connectivity index (χ0) is 23.1. The van der Waals surface area contributed by atoms with E-state index in [0.29, 0.717) is 27.4 Å². The average molecular weight is 474 g/mol. The highest BCUT2D eigenvalue weighted by Crippen LogP contribution is 2.33. The first-order valence-corrected chi connectivity index (χ1v) is 11.3. The number of halogens is 1. The van der Waals surface area contributed by atoms with Crippen molar-refractivity contribution in [2.24, 2.45) is 0 Å². The molecule has 5 aromatic rings. The maximum Gasteiger partial charge on any atom is 0.335 e. The number of hydrogen-bond donors (Lipinski definition) is 1. The van der Waals surface area contributed by atoms with Crippen LogP contribution in [0.1, 0.15) is 26.3 Å². The second-order valence-corrected chi connectivity index (χ2v) is 8.75. The van der Waals surface area contributed by atoms with E-state index >= 15 is 0 Å². The average Bonchev–Trinajstić information content (AvgIpc) is 3.47. The van der Waals surface area contributed by atoms with Gasteiger partial charge in [0, 0.05) is 28.1 Å². The summed E-state index contributed by atoms with van der Waals surface area (Å²) in [6.07, 6.45) is 1.73. The van der Waals surface area contributed by atoms with E-state index < -0.39 is 5.97 Å². The minimum atomic E-state index is -1.01. The third-order valence-electron chi connectivity index (χ3n) is 5.39. The summed E-state index contributed by atoms with van der Waals surface area (Å²) in [6, 6.07) is 17.5. The van der Waals surface area contributed by atoms with Gasteiger partial charge in [0.25, 0.3) is 5.91 Å². The van der Waals surface area contributed by atoms with Crippen molar-refractivity contribution in [2.75, 3.05) is 0 Å². The number of nitrogens with zero attached hydrogens (tertiary/aromatic N) is 3. The number of carbonyl (C=O) groups excluding carboxylic acids is 1. The lowest BCUT2D eigenvalue weighted by molar-refractivity contribution is 0.0696. The van der Waals surface area contributed by atoms with Crippen LogP contribution in [0.2, 0.25) is 5.02 Å². The fourth-order valence-electron chi connectivity index (χ4n) is 3.76. The van der Waals surface area contributed by atoms with Crippen LogP contribution in [0.5, 0.6) is 0 Å². The Hall–Kier alpha value is -3.81. The Balaban J connectivity index is 1.74. The van der Waals surface area contributed by atoms with Crippen LogP contribution >= 0.6 is 22.9 Å². The Bertz CT molecular complexity index is 1500. The molecule has 8 heteroatoms. The van der Waals surface area contributed by atoms with E-state index in [1.165, 1.54) is 28.2 Å². The molecule has 0 bridgehead atoms. The molecule has 3 aromatic carbocycles. The van der Waals surface area contributed by atoms with Gasteiger partial charge in [-0.15, -0.1) is 11.3 Å². The van der Waals surface area contributed by atoms with E-state index in [0.717, 1.165) is 21.5 Å². The number of aromatic nitrogens is 3. The van der Waals surface area contributed by atoms with Crippen LogP contribution in [0, 0.1) is 6.92 Å². The van der Waals surface area contributed by atoms with Crippen molar-refractivity contribution >= 4 is 45.7 Å². The minimum absolute atomic E-state index is 0.177. The maximum atomic E-state index is 13.6. The van der Waals surface area contributed by atoms with Crippen LogP contribution in [0.25, 0.3) is 32.7 Å². The number of aromatic carboxylic acids is 1. The van der Waals surface area contributed by atoms with Gasteiger partial charge in [-0.05, 0) is 42.8 Å². The molecular weight excluding hydrogens is 458 g/mol. The number of carbonyl (C=O) groups is 2. The van der Waals surface area contributed by atoms with Crippen molar-refractivity contribution in [1.82, 2.24) is 14.8 Å². The molecule has 162 valence electrons. The standard InChI is InChI=1S/C25H16ClN3O3S/c1-14-3-2-4-19(26)21(14)24(30)29-20-13-17(23-27-11-12-33-23)9-10-18(20)22(28-29)15-5-7-16(8-6-15)25(31)32/h2-13H,1H3,(H,31,32). The molecule has 5 rings (SSSR count). The van der Waals surface area contributed by atoms with Crippen LogP contribution in [-0.4, -0.2) is 31.7 Å². The molecule has 0 aliphatic carbocycles. The molecule has 2 heterocycles. The first kappa shape index (κ1) is 21.1. The molecule has 0 saturated heterocycles. The number of carboxylic acids is 1. The number of benzene rings is 3. The van der Waals surface area contributed by atoms with Gasteiger partial charge in [0.05, 0.1) is 21.7 Å². The van der Waals surface area contributed by atoms with Gasteiger partial charge in [0.1, 0.15) is 10.7 Å². The summed E-state index contributed by atoms with van der Waals surface area (Å²) < 4.78 is 1.36. The van der Waals surface area contributed by atoms with E-state index in [9.17, 15) is 14.7 Å². The molecule has 0 fully saturated rings. The quantitative estimate of drug-likeness (QED) is 0.337. The number of rotatable bonds is 4. The van der Waals surface area contributed by atoms with Crippen molar-refractivity contribution in [3.05, 3.63) is 94.0 Å². The molecule has 33 heavy (non-hydrogen) atoms. The van der Waals surface area contributed by atoms with Gasteiger partial charge in [0.15, 0.2) is 0 Å². The summed E-state index contributed by atoms with van der Waals surface area (Å²) in [7, 11) is 0. The molecule has 0 amide bonds. The van der Waals surface area contributed by atoms with E-state index in [4.69, 9.17) is 11.6 Å². The molecule has 0 saturated carbocycles. The molecule has 0 aliphatic heterocycles. The van der Waals surface area contributed by atoms with E-state index in [1.54, 1.807) is 30.5 Å². The third-order valence-corrected chi connectivity index (χ3v) is 6.53. The lowest BCUT2D eigenvalue weighted by Gasteiger charge is -2.08. The molecule has 6 nitrogen and oxygen atoms in total. The number of aryl methyl sites for hydroxylation is 1. The Morgan fingerprint density at radius 2 is 1.79 bits per heavy atom. The van der Waals surface area contributed by atoms with Gasteiger partial charge >= 0.3 is 5.97 Å². The monoisotopic (exact) mass is 473 g/mol. The second kappa shape index (κ2) is 8.27. The van der Waals surface area contributed by atoms with Gasteiger partial charge in [-0.25, -0.2) is 9.78 Å². The fourth-order valence-corrected chi connectivity index (χ4v) is 4.70. The largest absolute Gasteiger partial charge is 0.478 e. The first-order chi connectivity index (χ1) is 15.9. The van der Waals surface area contributed by atoms with Gasteiger partial charge in [-0.1, -0.05) is 41.9 Å². The highest BCUT2D eigenvalue weighted by atomic mass is 35.5. The van der Waals surface area contributed by atoms with Crippen molar-refractivity contribution in [1.29, 1.82) is 0 Å².